The van der Waals surface area contributed by atoms with Gasteiger partial charge in [0.05, 0.1) is 26.2 Å². The van der Waals surface area contributed by atoms with Gasteiger partial charge in [-0.3, -0.25) is 14.0 Å². The number of ether oxygens (including phenoxy) is 3. The number of nitrogens with zero attached hydrogens (tertiary/aromatic N) is 4. The van der Waals surface area contributed by atoms with Gasteiger partial charge in [-0.2, -0.15) is 4.99 Å². The SMILES string of the molecule is CCCCCn1c(=NC(=O)c2cc(OC)cc(OC)c2)c(C(=O)OCC)cc2c(=O)n3ccccc3nc21. The Morgan fingerprint density at radius 1 is 1.00 bits per heavy atom. The molecule has 198 valence electrons. The number of hydrogen-bond donors (Lipinski definition) is 0. The maximum absolute atomic E-state index is 13.5. The van der Waals surface area contributed by atoms with Crippen LogP contribution in [0.4, 0.5) is 0 Å². The van der Waals surface area contributed by atoms with Crippen LogP contribution in [0.3, 0.4) is 0 Å². The van der Waals surface area contributed by atoms with Crippen molar-refractivity contribution >= 4 is 28.6 Å². The van der Waals surface area contributed by atoms with Gasteiger partial charge in [0.15, 0.2) is 5.49 Å². The molecular formula is C28H30N4O6. The van der Waals surface area contributed by atoms with Gasteiger partial charge in [0.1, 0.15) is 28.4 Å². The number of carbonyl (C=O) groups excluding carboxylic acids is 2. The van der Waals surface area contributed by atoms with Gasteiger partial charge in [0.25, 0.3) is 11.5 Å². The third-order valence-electron chi connectivity index (χ3n) is 6.08. The van der Waals surface area contributed by atoms with E-state index in [0.717, 1.165) is 19.3 Å². The van der Waals surface area contributed by atoms with E-state index in [9.17, 15) is 14.4 Å². The molecule has 1 aromatic carbocycles. The second-order valence-electron chi connectivity index (χ2n) is 8.56. The fourth-order valence-corrected chi connectivity index (χ4v) is 4.18. The largest absolute Gasteiger partial charge is 0.497 e. The molecule has 0 radical (unpaired) electrons. The second-order valence-corrected chi connectivity index (χ2v) is 8.56. The first-order chi connectivity index (χ1) is 18.4. The zero-order chi connectivity index (χ0) is 27.2. The Kier molecular flexibility index (Phi) is 8.20. The van der Waals surface area contributed by atoms with Crippen LogP contribution in [0.5, 0.6) is 11.5 Å². The van der Waals surface area contributed by atoms with E-state index >= 15 is 0 Å². The molecule has 4 aromatic rings. The van der Waals surface area contributed by atoms with Crippen LogP contribution in [0.15, 0.2) is 58.4 Å². The molecule has 0 saturated heterocycles. The molecule has 3 heterocycles. The lowest BCUT2D eigenvalue weighted by molar-refractivity contribution is 0.0523. The van der Waals surface area contributed by atoms with Gasteiger partial charge in [-0.15, -0.1) is 0 Å². The monoisotopic (exact) mass is 518 g/mol. The summed E-state index contributed by atoms with van der Waals surface area (Å²) in [6.45, 7) is 4.26. The Morgan fingerprint density at radius 3 is 2.39 bits per heavy atom. The fraction of sp³-hybridized carbons (Fsp3) is 0.321. The molecule has 3 aromatic heterocycles. The number of aryl methyl sites for hydroxylation is 1. The minimum atomic E-state index is -0.689. The Labute approximate surface area is 219 Å². The number of fused-ring (bicyclic) bond motifs is 2. The molecule has 0 aliphatic rings. The highest BCUT2D eigenvalue weighted by atomic mass is 16.5. The van der Waals surface area contributed by atoms with Gasteiger partial charge >= 0.3 is 5.97 Å². The summed E-state index contributed by atoms with van der Waals surface area (Å²) >= 11 is 0. The first-order valence-corrected chi connectivity index (χ1v) is 12.5. The topological polar surface area (TPSA) is 113 Å². The number of aromatic nitrogens is 3. The minimum absolute atomic E-state index is 0.00819. The molecule has 0 atom stereocenters. The van der Waals surface area contributed by atoms with Crippen LogP contribution in [-0.2, 0) is 11.3 Å². The number of methoxy groups -OCH3 is 2. The Morgan fingerprint density at radius 2 is 1.74 bits per heavy atom. The smallest absolute Gasteiger partial charge is 0.341 e. The summed E-state index contributed by atoms with van der Waals surface area (Å²) in [6, 6.07) is 11.4. The molecule has 1 amide bonds. The average Bonchev–Trinajstić information content (AvgIpc) is 2.93. The lowest BCUT2D eigenvalue weighted by Gasteiger charge is -2.15. The number of rotatable bonds is 9. The van der Waals surface area contributed by atoms with Crippen LogP contribution < -0.4 is 20.5 Å². The van der Waals surface area contributed by atoms with Crippen LogP contribution >= 0.6 is 0 Å². The van der Waals surface area contributed by atoms with E-state index in [4.69, 9.17) is 19.2 Å². The van der Waals surface area contributed by atoms with Crippen LogP contribution in [0, 0.1) is 0 Å². The van der Waals surface area contributed by atoms with E-state index in [1.54, 1.807) is 54.1 Å². The van der Waals surface area contributed by atoms with E-state index in [1.165, 1.54) is 24.7 Å². The molecule has 0 bridgehead atoms. The number of benzene rings is 1. The van der Waals surface area contributed by atoms with Crippen molar-refractivity contribution in [2.45, 2.75) is 39.7 Å². The summed E-state index contributed by atoms with van der Waals surface area (Å²) in [5, 5.41) is 0.225. The summed E-state index contributed by atoms with van der Waals surface area (Å²) in [6.07, 6.45) is 4.19. The lowest BCUT2D eigenvalue weighted by Crippen LogP contribution is -2.33. The fourth-order valence-electron chi connectivity index (χ4n) is 4.18. The van der Waals surface area contributed by atoms with E-state index in [2.05, 4.69) is 11.9 Å². The van der Waals surface area contributed by atoms with Gasteiger partial charge < -0.3 is 18.8 Å². The van der Waals surface area contributed by atoms with Crippen LogP contribution in [0.25, 0.3) is 16.7 Å². The first-order valence-electron chi connectivity index (χ1n) is 12.5. The summed E-state index contributed by atoms with van der Waals surface area (Å²) in [7, 11) is 2.97. The summed E-state index contributed by atoms with van der Waals surface area (Å²) in [5.41, 5.74) is 0.728. The highest BCUT2D eigenvalue weighted by molar-refractivity contribution is 5.97. The average molecular weight is 519 g/mol. The van der Waals surface area contributed by atoms with Crippen LogP contribution in [-0.4, -0.2) is 46.7 Å². The van der Waals surface area contributed by atoms with Crippen molar-refractivity contribution in [1.82, 2.24) is 14.0 Å². The second kappa shape index (κ2) is 11.7. The third-order valence-corrected chi connectivity index (χ3v) is 6.08. The van der Waals surface area contributed by atoms with Crippen molar-refractivity contribution in [3.8, 4) is 11.5 Å². The summed E-state index contributed by atoms with van der Waals surface area (Å²) in [4.78, 5) is 49.1. The van der Waals surface area contributed by atoms with Crippen molar-refractivity contribution in [1.29, 1.82) is 0 Å². The number of pyridine rings is 2. The van der Waals surface area contributed by atoms with E-state index < -0.39 is 11.9 Å². The number of hydrogen-bond acceptors (Lipinski definition) is 7. The minimum Gasteiger partial charge on any atom is -0.497 e. The summed E-state index contributed by atoms with van der Waals surface area (Å²) in [5.74, 6) is -0.465. The summed E-state index contributed by atoms with van der Waals surface area (Å²) < 4.78 is 19.0. The predicted molar refractivity (Wildman–Crippen MR) is 142 cm³/mol. The molecule has 10 nitrogen and oxygen atoms in total. The van der Waals surface area contributed by atoms with Crippen molar-refractivity contribution in [3.05, 3.63) is 75.6 Å². The number of amides is 1. The third kappa shape index (κ3) is 5.29. The van der Waals surface area contributed by atoms with Crippen LogP contribution in [0.2, 0.25) is 0 Å². The number of carbonyl (C=O) groups is 2. The standard InChI is InChI=1S/C28H30N4O6/c1-5-7-9-13-32-24-21(27(34)31-12-10-8-11-23(31)29-24)17-22(28(35)38-6-2)25(32)30-26(33)18-14-19(36-3)16-20(15-18)37-4/h8,10-12,14-17H,5-7,9,13H2,1-4H3. The molecule has 4 rings (SSSR count). The molecule has 0 aliphatic carbocycles. The van der Waals surface area contributed by atoms with Crippen molar-refractivity contribution in [2.75, 3.05) is 20.8 Å². The van der Waals surface area contributed by atoms with E-state index in [-0.39, 0.29) is 34.2 Å². The molecule has 0 unspecified atom stereocenters. The van der Waals surface area contributed by atoms with Gasteiger partial charge in [-0.05, 0) is 43.7 Å². The Bertz CT molecular complexity index is 1610. The van der Waals surface area contributed by atoms with Gasteiger partial charge in [0, 0.05) is 24.4 Å². The Hall–Kier alpha value is -4.47. The van der Waals surface area contributed by atoms with E-state index in [0.29, 0.717) is 29.3 Å². The van der Waals surface area contributed by atoms with Gasteiger partial charge in [0.2, 0.25) is 0 Å². The molecule has 0 fully saturated rings. The Balaban J connectivity index is 2.07. The normalized spacial score (nSPS) is 11.6. The molecule has 38 heavy (non-hydrogen) atoms. The molecule has 10 heteroatoms. The van der Waals surface area contributed by atoms with Gasteiger partial charge in [-0.1, -0.05) is 25.8 Å². The number of unbranched alkanes of at least 4 members (excludes halogenated alkanes) is 2. The maximum Gasteiger partial charge on any atom is 0.341 e. The molecule has 0 N–H and O–H groups in total. The van der Waals surface area contributed by atoms with Gasteiger partial charge in [-0.25, -0.2) is 9.78 Å². The van der Waals surface area contributed by atoms with Crippen molar-refractivity contribution in [3.63, 3.8) is 0 Å². The number of esters is 1. The predicted octanol–water partition coefficient (Wildman–Crippen LogP) is 3.77. The molecule has 0 spiro atoms. The van der Waals surface area contributed by atoms with Crippen molar-refractivity contribution in [2.24, 2.45) is 4.99 Å². The first kappa shape index (κ1) is 26.6. The zero-order valence-corrected chi connectivity index (χ0v) is 21.9. The quantitative estimate of drug-likeness (QED) is 0.188. The van der Waals surface area contributed by atoms with Crippen LogP contribution in [0.1, 0.15) is 53.8 Å². The maximum atomic E-state index is 13.5. The van der Waals surface area contributed by atoms with E-state index in [1.807, 2.05) is 0 Å². The zero-order valence-electron chi connectivity index (χ0n) is 21.9. The molecule has 0 saturated carbocycles. The lowest BCUT2D eigenvalue weighted by atomic mass is 10.1. The highest BCUT2D eigenvalue weighted by Crippen LogP contribution is 2.23. The molecular weight excluding hydrogens is 488 g/mol. The highest BCUT2D eigenvalue weighted by Gasteiger charge is 2.20. The van der Waals surface area contributed by atoms with Crippen molar-refractivity contribution < 1.29 is 23.8 Å². The molecule has 0 aliphatic heterocycles.